The van der Waals surface area contributed by atoms with Crippen molar-refractivity contribution in [2.75, 3.05) is 0 Å². The molecule has 186 valence electrons. The summed E-state index contributed by atoms with van der Waals surface area (Å²) in [5, 5.41) is 20.4. The van der Waals surface area contributed by atoms with Crippen LogP contribution in [0.15, 0.2) is 30.3 Å². The summed E-state index contributed by atoms with van der Waals surface area (Å²) in [5.41, 5.74) is -0.576. The molecule has 6 nitrogen and oxygen atoms in total. The van der Waals surface area contributed by atoms with Crippen molar-refractivity contribution in [2.24, 2.45) is 11.3 Å². The maximum atomic E-state index is 14.1. The number of hydrogen-bond donors (Lipinski definition) is 1. The summed E-state index contributed by atoms with van der Waals surface area (Å²) in [6.07, 6.45) is -2.48. The number of halogens is 3. The Kier molecular flexibility index (Phi) is 7.43. The van der Waals surface area contributed by atoms with Crippen LogP contribution in [-0.2, 0) is 11.0 Å². The van der Waals surface area contributed by atoms with Gasteiger partial charge < -0.3 is 9.84 Å². The summed E-state index contributed by atoms with van der Waals surface area (Å²) in [7, 11) is 0. The second-order valence-electron chi connectivity index (χ2n) is 10.1. The van der Waals surface area contributed by atoms with E-state index >= 15 is 0 Å². The van der Waals surface area contributed by atoms with Gasteiger partial charge in [-0.25, -0.2) is 0 Å². The quantitative estimate of drug-likeness (QED) is 0.339. The Morgan fingerprint density at radius 2 is 1.79 bits per heavy atom. The van der Waals surface area contributed by atoms with Crippen molar-refractivity contribution in [3.05, 3.63) is 51.6 Å². The van der Waals surface area contributed by atoms with E-state index in [0.717, 1.165) is 12.8 Å². The third kappa shape index (κ3) is 5.98. The minimum absolute atomic E-state index is 0.0996. The fraction of sp³-hybridized carbons (Fsp3) is 0.560. The lowest BCUT2D eigenvalue weighted by Gasteiger charge is -2.37. The highest BCUT2D eigenvalue weighted by atomic mass is 19.4. The van der Waals surface area contributed by atoms with Crippen molar-refractivity contribution >= 4 is 16.7 Å². The Bertz CT molecular complexity index is 1050. The van der Waals surface area contributed by atoms with E-state index in [1.807, 2.05) is 0 Å². The third-order valence-corrected chi connectivity index (χ3v) is 6.75. The molecule has 1 unspecified atom stereocenters. The van der Waals surface area contributed by atoms with Crippen LogP contribution in [0.5, 0.6) is 5.75 Å². The van der Waals surface area contributed by atoms with Crippen LogP contribution in [0.1, 0.15) is 76.5 Å². The average Bonchev–Trinajstić information content (AvgIpc) is 2.72. The molecule has 0 saturated heterocycles. The second-order valence-corrected chi connectivity index (χ2v) is 10.1. The molecule has 2 aromatic rings. The third-order valence-electron chi connectivity index (χ3n) is 6.75. The molecule has 1 fully saturated rings. The molecule has 1 N–H and O–H groups in total. The van der Waals surface area contributed by atoms with Gasteiger partial charge in [-0.2, -0.15) is 13.2 Å². The molecule has 0 bridgehead atoms. The Balaban J connectivity index is 1.91. The SMILES string of the molecule is CC(C)(C)C1CCC(Oc2ccc3cc(C(CCC(=O)O)[N+](=O)[O-])ccc3c2C(F)(F)F)CC1. The van der Waals surface area contributed by atoms with E-state index in [2.05, 4.69) is 20.8 Å². The molecule has 1 aliphatic rings. The fourth-order valence-electron chi connectivity index (χ4n) is 4.81. The molecule has 0 radical (unpaired) electrons. The molecule has 0 amide bonds. The van der Waals surface area contributed by atoms with E-state index in [1.165, 1.54) is 30.3 Å². The summed E-state index contributed by atoms with van der Waals surface area (Å²) < 4.78 is 48.2. The Morgan fingerprint density at radius 1 is 1.15 bits per heavy atom. The second kappa shape index (κ2) is 9.80. The standard InChI is InChI=1S/C25H30F3NO5/c1-24(2,3)17-6-8-18(9-7-17)34-21-12-5-15-14-16(20(29(32)33)11-13-22(30)31)4-10-19(15)23(21)25(26,27)28/h4-5,10,12,14,17-18,20H,6-9,11,13H2,1-3H3,(H,30,31). The summed E-state index contributed by atoms with van der Waals surface area (Å²) in [4.78, 5) is 21.7. The lowest BCUT2D eigenvalue weighted by Crippen LogP contribution is -2.31. The van der Waals surface area contributed by atoms with E-state index in [0.29, 0.717) is 18.8 Å². The van der Waals surface area contributed by atoms with Crippen molar-refractivity contribution in [3.63, 3.8) is 0 Å². The first-order chi connectivity index (χ1) is 15.8. The number of carboxylic acid groups (broad SMARTS) is 1. The number of rotatable bonds is 7. The van der Waals surface area contributed by atoms with Crippen LogP contribution in [0.25, 0.3) is 10.8 Å². The average molecular weight is 482 g/mol. The van der Waals surface area contributed by atoms with Gasteiger partial charge in [0.1, 0.15) is 11.3 Å². The number of ether oxygens (including phenoxy) is 1. The maximum Gasteiger partial charge on any atom is 0.420 e. The predicted molar refractivity (Wildman–Crippen MR) is 121 cm³/mol. The van der Waals surface area contributed by atoms with Crippen LogP contribution < -0.4 is 4.74 Å². The zero-order valence-electron chi connectivity index (χ0n) is 19.5. The van der Waals surface area contributed by atoms with Crippen molar-refractivity contribution in [1.29, 1.82) is 0 Å². The summed E-state index contributed by atoms with van der Waals surface area (Å²) in [6, 6.07) is 5.25. The molecule has 1 atom stereocenters. The van der Waals surface area contributed by atoms with Gasteiger partial charge in [-0.3, -0.25) is 14.9 Å². The van der Waals surface area contributed by atoms with E-state index in [1.54, 1.807) is 0 Å². The molecular formula is C25H30F3NO5. The van der Waals surface area contributed by atoms with Gasteiger partial charge in [0.25, 0.3) is 0 Å². The van der Waals surface area contributed by atoms with Crippen molar-refractivity contribution in [2.45, 2.75) is 77.6 Å². The van der Waals surface area contributed by atoms with E-state index in [9.17, 15) is 28.1 Å². The Morgan fingerprint density at radius 3 is 2.32 bits per heavy atom. The number of fused-ring (bicyclic) bond motifs is 1. The molecule has 0 aromatic heterocycles. The highest BCUT2D eigenvalue weighted by Crippen LogP contribution is 2.44. The molecule has 34 heavy (non-hydrogen) atoms. The number of carbonyl (C=O) groups is 1. The number of benzene rings is 2. The molecule has 1 aliphatic carbocycles. The first-order valence-corrected chi connectivity index (χ1v) is 11.4. The topological polar surface area (TPSA) is 89.7 Å². The molecule has 0 spiro atoms. The van der Waals surface area contributed by atoms with Crippen LogP contribution >= 0.6 is 0 Å². The van der Waals surface area contributed by atoms with Gasteiger partial charge in [-0.05, 0) is 59.9 Å². The Hall–Kier alpha value is -2.84. The summed E-state index contributed by atoms with van der Waals surface area (Å²) >= 11 is 0. The largest absolute Gasteiger partial charge is 0.490 e. The number of aliphatic carboxylic acids is 1. The molecule has 0 heterocycles. The van der Waals surface area contributed by atoms with Crippen molar-refractivity contribution < 1.29 is 32.7 Å². The smallest absolute Gasteiger partial charge is 0.420 e. The van der Waals surface area contributed by atoms with E-state index in [-0.39, 0.29) is 40.0 Å². The Labute approximate surface area is 196 Å². The van der Waals surface area contributed by atoms with Gasteiger partial charge in [0.2, 0.25) is 6.04 Å². The zero-order valence-corrected chi connectivity index (χ0v) is 19.5. The molecule has 0 aliphatic heterocycles. The van der Waals surface area contributed by atoms with Crippen LogP contribution in [0.2, 0.25) is 0 Å². The van der Waals surface area contributed by atoms with E-state index < -0.39 is 35.1 Å². The van der Waals surface area contributed by atoms with Crippen LogP contribution in [0, 0.1) is 21.4 Å². The summed E-state index contributed by atoms with van der Waals surface area (Å²) in [6.45, 7) is 6.51. The van der Waals surface area contributed by atoms with Crippen LogP contribution in [-0.4, -0.2) is 22.1 Å². The highest BCUT2D eigenvalue weighted by molar-refractivity contribution is 5.89. The number of alkyl halides is 3. The van der Waals surface area contributed by atoms with Gasteiger partial charge >= 0.3 is 12.1 Å². The number of nitro groups is 1. The van der Waals surface area contributed by atoms with Gasteiger partial charge in [0, 0.05) is 16.9 Å². The minimum atomic E-state index is -4.68. The normalized spacial score (nSPS) is 20.2. The van der Waals surface area contributed by atoms with Gasteiger partial charge in [-0.1, -0.05) is 39.0 Å². The monoisotopic (exact) mass is 481 g/mol. The molecule has 9 heteroatoms. The van der Waals surface area contributed by atoms with Crippen molar-refractivity contribution in [1.82, 2.24) is 0 Å². The molecule has 1 saturated carbocycles. The van der Waals surface area contributed by atoms with Crippen LogP contribution in [0.3, 0.4) is 0 Å². The van der Waals surface area contributed by atoms with Crippen molar-refractivity contribution in [3.8, 4) is 5.75 Å². The maximum absolute atomic E-state index is 14.1. The number of carboxylic acids is 1. The van der Waals surface area contributed by atoms with Gasteiger partial charge in [0.15, 0.2) is 0 Å². The summed E-state index contributed by atoms with van der Waals surface area (Å²) in [5.74, 6) is -0.908. The first kappa shape index (κ1) is 25.8. The highest BCUT2D eigenvalue weighted by Gasteiger charge is 2.38. The first-order valence-electron chi connectivity index (χ1n) is 11.4. The molecular weight excluding hydrogens is 451 g/mol. The number of nitrogens with zero attached hydrogens (tertiary/aromatic N) is 1. The van der Waals surface area contributed by atoms with Gasteiger partial charge in [-0.15, -0.1) is 0 Å². The lowest BCUT2D eigenvalue weighted by atomic mass is 9.72. The number of hydrogen-bond acceptors (Lipinski definition) is 4. The predicted octanol–water partition coefficient (Wildman–Crippen LogP) is 7.02. The molecule has 2 aromatic carbocycles. The fourth-order valence-corrected chi connectivity index (χ4v) is 4.81. The lowest BCUT2D eigenvalue weighted by molar-refractivity contribution is -0.529. The van der Waals surface area contributed by atoms with Crippen LogP contribution in [0.4, 0.5) is 13.2 Å². The zero-order chi connectivity index (χ0) is 25.3. The van der Waals surface area contributed by atoms with E-state index in [4.69, 9.17) is 9.84 Å². The molecule has 3 rings (SSSR count). The minimum Gasteiger partial charge on any atom is -0.490 e. The van der Waals surface area contributed by atoms with Gasteiger partial charge in [0.05, 0.1) is 12.5 Å².